The second-order valence-electron chi connectivity index (χ2n) is 8.16. The highest BCUT2D eigenvalue weighted by Gasteiger charge is 2.47. The minimum atomic E-state index is -1.10. The maximum atomic E-state index is 13.0. The lowest BCUT2D eigenvalue weighted by Crippen LogP contribution is -2.60. The summed E-state index contributed by atoms with van der Waals surface area (Å²) >= 11 is 1.56. The molecule has 0 radical (unpaired) electrons. The molecule has 0 saturated carbocycles. The van der Waals surface area contributed by atoms with Crippen molar-refractivity contribution >= 4 is 28.9 Å². The van der Waals surface area contributed by atoms with Crippen molar-refractivity contribution in [1.82, 2.24) is 15.6 Å². The third-order valence-electron chi connectivity index (χ3n) is 5.37. The number of pyridine rings is 1. The molecule has 30 heavy (non-hydrogen) atoms. The molecule has 8 heteroatoms. The summed E-state index contributed by atoms with van der Waals surface area (Å²) in [6.07, 6.45) is 3.19. The normalized spacial score (nSPS) is 22.2. The average molecular weight is 430 g/mol. The number of ether oxygens (including phenoxy) is 1. The zero-order valence-electron chi connectivity index (χ0n) is 17.6. The van der Waals surface area contributed by atoms with Gasteiger partial charge >= 0.3 is 0 Å². The third kappa shape index (κ3) is 4.76. The molecule has 7 nitrogen and oxygen atoms in total. The number of nitrogens with zero attached hydrogens (tertiary/aromatic N) is 1. The van der Waals surface area contributed by atoms with E-state index >= 15 is 0 Å². The van der Waals surface area contributed by atoms with Crippen LogP contribution in [0.2, 0.25) is 0 Å². The third-order valence-corrected chi connectivity index (χ3v) is 6.29. The van der Waals surface area contributed by atoms with Crippen LogP contribution in [0.1, 0.15) is 44.5 Å². The molecule has 3 atom stereocenters. The van der Waals surface area contributed by atoms with E-state index in [4.69, 9.17) is 4.74 Å². The largest absolute Gasteiger partial charge is 0.368 e. The van der Waals surface area contributed by atoms with Crippen molar-refractivity contribution in [3.63, 3.8) is 0 Å². The van der Waals surface area contributed by atoms with Gasteiger partial charge in [-0.3, -0.25) is 19.4 Å². The van der Waals surface area contributed by atoms with Crippen molar-refractivity contribution in [1.29, 1.82) is 0 Å². The highest BCUT2D eigenvalue weighted by molar-refractivity contribution is 7.13. The fourth-order valence-corrected chi connectivity index (χ4v) is 4.05. The SMILES string of the molecule is CC(C)CC(NC(=O)c1cncc(-c2cccs2)c1)C(=O)NC1(C)C(=O)COC1C. The number of hydrogen-bond acceptors (Lipinski definition) is 6. The number of ketones is 1. The highest BCUT2D eigenvalue weighted by Crippen LogP contribution is 2.25. The van der Waals surface area contributed by atoms with E-state index in [9.17, 15) is 14.4 Å². The van der Waals surface area contributed by atoms with Crippen molar-refractivity contribution < 1.29 is 19.1 Å². The van der Waals surface area contributed by atoms with Gasteiger partial charge in [0.15, 0.2) is 5.78 Å². The molecule has 0 bridgehead atoms. The lowest BCUT2D eigenvalue weighted by molar-refractivity contribution is -0.130. The van der Waals surface area contributed by atoms with Crippen molar-refractivity contribution in [2.45, 2.75) is 51.8 Å². The number of carbonyl (C=O) groups excluding carboxylic acids is 3. The number of thiophene rings is 1. The van der Waals surface area contributed by atoms with Crippen molar-refractivity contribution in [3.05, 3.63) is 41.5 Å². The molecule has 0 aromatic carbocycles. The van der Waals surface area contributed by atoms with Gasteiger partial charge in [-0.1, -0.05) is 19.9 Å². The maximum Gasteiger partial charge on any atom is 0.253 e. The van der Waals surface area contributed by atoms with Crippen LogP contribution in [0.15, 0.2) is 36.0 Å². The fourth-order valence-electron chi connectivity index (χ4n) is 3.34. The van der Waals surface area contributed by atoms with E-state index in [1.165, 1.54) is 6.20 Å². The number of Topliss-reactive ketones (excluding diaryl/α,β-unsaturated/α-hetero) is 1. The summed E-state index contributed by atoms with van der Waals surface area (Å²) in [5.74, 6) is -0.787. The molecular formula is C22H27N3O4S. The van der Waals surface area contributed by atoms with Crippen LogP contribution >= 0.6 is 11.3 Å². The molecule has 1 aliphatic heterocycles. The van der Waals surface area contributed by atoms with Crippen LogP contribution in [0.3, 0.4) is 0 Å². The summed E-state index contributed by atoms with van der Waals surface area (Å²) in [7, 11) is 0. The van der Waals surface area contributed by atoms with Gasteiger partial charge in [-0.25, -0.2) is 0 Å². The van der Waals surface area contributed by atoms with E-state index in [1.54, 1.807) is 37.4 Å². The molecule has 2 amide bonds. The number of carbonyl (C=O) groups is 3. The summed E-state index contributed by atoms with van der Waals surface area (Å²) in [5, 5.41) is 7.59. The molecule has 2 aromatic rings. The van der Waals surface area contributed by atoms with Crippen LogP contribution < -0.4 is 10.6 Å². The van der Waals surface area contributed by atoms with Gasteiger partial charge in [0.2, 0.25) is 5.91 Å². The molecule has 1 fully saturated rings. The second kappa shape index (κ2) is 9.06. The summed E-state index contributed by atoms with van der Waals surface area (Å²) in [5.41, 5.74) is 0.123. The van der Waals surface area contributed by atoms with E-state index in [2.05, 4.69) is 15.6 Å². The minimum absolute atomic E-state index is 0.0274. The quantitative estimate of drug-likeness (QED) is 0.705. The first-order chi connectivity index (χ1) is 14.2. The summed E-state index contributed by atoms with van der Waals surface area (Å²) in [4.78, 5) is 43.3. The number of hydrogen-bond donors (Lipinski definition) is 2. The molecule has 3 heterocycles. The molecule has 0 spiro atoms. The maximum absolute atomic E-state index is 13.0. The zero-order chi connectivity index (χ0) is 21.9. The average Bonchev–Trinajstić information content (AvgIpc) is 3.32. The molecule has 2 N–H and O–H groups in total. The van der Waals surface area contributed by atoms with E-state index in [1.807, 2.05) is 31.4 Å². The van der Waals surface area contributed by atoms with Gasteiger partial charge in [0.25, 0.3) is 5.91 Å². The van der Waals surface area contributed by atoms with Gasteiger partial charge in [0.05, 0.1) is 11.7 Å². The summed E-state index contributed by atoms with van der Waals surface area (Å²) < 4.78 is 5.38. The van der Waals surface area contributed by atoms with Gasteiger partial charge < -0.3 is 15.4 Å². The Morgan fingerprint density at radius 3 is 2.73 bits per heavy atom. The minimum Gasteiger partial charge on any atom is -0.368 e. The summed E-state index contributed by atoms with van der Waals surface area (Å²) in [6, 6.07) is 4.88. The molecule has 160 valence electrons. The predicted octanol–water partition coefficient (Wildman–Crippen LogP) is 2.82. The molecular weight excluding hydrogens is 402 g/mol. The predicted molar refractivity (Wildman–Crippen MR) is 115 cm³/mol. The van der Waals surface area contributed by atoms with E-state index in [0.717, 1.165) is 10.4 Å². The van der Waals surface area contributed by atoms with Gasteiger partial charge in [0.1, 0.15) is 18.2 Å². The van der Waals surface area contributed by atoms with Crippen molar-refractivity contribution in [3.8, 4) is 10.4 Å². The van der Waals surface area contributed by atoms with Gasteiger partial charge in [0, 0.05) is 22.8 Å². The first kappa shape index (κ1) is 22.1. The van der Waals surface area contributed by atoms with Crippen LogP contribution in [-0.4, -0.2) is 46.9 Å². The van der Waals surface area contributed by atoms with Crippen LogP contribution in [0.5, 0.6) is 0 Å². The second-order valence-corrected chi connectivity index (χ2v) is 9.11. The number of amides is 2. The zero-order valence-corrected chi connectivity index (χ0v) is 18.4. The Hall–Kier alpha value is -2.58. The highest BCUT2D eigenvalue weighted by atomic mass is 32.1. The van der Waals surface area contributed by atoms with Gasteiger partial charge in [-0.15, -0.1) is 11.3 Å². The van der Waals surface area contributed by atoms with E-state index in [-0.39, 0.29) is 24.2 Å². The van der Waals surface area contributed by atoms with E-state index < -0.39 is 23.6 Å². The standard InChI is InChI=1S/C22H27N3O4S/c1-13(2)8-17(21(28)25-22(4)14(3)29-12-19(22)26)24-20(27)16-9-15(10-23-11-16)18-6-5-7-30-18/h5-7,9-11,13-14,17H,8,12H2,1-4H3,(H,24,27)(H,25,28). The molecule has 3 unspecified atom stereocenters. The Bertz CT molecular complexity index is 928. The van der Waals surface area contributed by atoms with Crippen LogP contribution in [0, 0.1) is 5.92 Å². The van der Waals surface area contributed by atoms with Crippen LogP contribution in [0.25, 0.3) is 10.4 Å². The van der Waals surface area contributed by atoms with Crippen LogP contribution in [-0.2, 0) is 14.3 Å². The van der Waals surface area contributed by atoms with E-state index in [0.29, 0.717) is 12.0 Å². The topological polar surface area (TPSA) is 97.4 Å². The Balaban J connectivity index is 1.76. The van der Waals surface area contributed by atoms with Gasteiger partial charge in [-0.05, 0) is 43.7 Å². The van der Waals surface area contributed by atoms with Crippen molar-refractivity contribution in [2.75, 3.05) is 6.61 Å². The van der Waals surface area contributed by atoms with Gasteiger partial charge in [-0.2, -0.15) is 0 Å². The first-order valence-electron chi connectivity index (χ1n) is 9.97. The lowest BCUT2D eigenvalue weighted by atomic mass is 9.92. The van der Waals surface area contributed by atoms with Crippen LogP contribution in [0.4, 0.5) is 0 Å². The number of aromatic nitrogens is 1. The Labute approximate surface area is 180 Å². The lowest BCUT2D eigenvalue weighted by Gasteiger charge is -2.30. The summed E-state index contributed by atoms with van der Waals surface area (Å²) in [6.45, 7) is 7.33. The van der Waals surface area contributed by atoms with Crippen molar-refractivity contribution in [2.24, 2.45) is 5.92 Å². The monoisotopic (exact) mass is 429 g/mol. The molecule has 1 saturated heterocycles. The number of rotatable bonds is 7. The Kier molecular flexibility index (Phi) is 6.67. The molecule has 1 aliphatic rings. The number of nitrogens with one attached hydrogen (secondary N) is 2. The molecule has 2 aromatic heterocycles. The molecule has 0 aliphatic carbocycles. The Morgan fingerprint density at radius 2 is 2.13 bits per heavy atom. The Morgan fingerprint density at radius 1 is 1.37 bits per heavy atom. The first-order valence-corrected chi connectivity index (χ1v) is 10.9. The molecule has 3 rings (SSSR count). The smallest absolute Gasteiger partial charge is 0.253 e. The fraction of sp³-hybridized carbons (Fsp3) is 0.455.